The van der Waals surface area contributed by atoms with Crippen molar-refractivity contribution < 1.29 is 14.3 Å². The standard InChI is InChI=1S/C19H28N2O3/c1-19(2,3)18(23)21-10-8-15(9-11-21)20-16-7-5-6-14(12-16)13-17(22)24-4/h5-7,12,15,20H,8-11,13H2,1-4H3. The number of rotatable bonds is 4. The summed E-state index contributed by atoms with van der Waals surface area (Å²) in [5.74, 6) is -0.0119. The van der Waals surface area contributed by atoms with E-state index in [4.69, 9.17) is 4.74 Å². The van der Waals surface area contributed by atoms with Crippen molar-refractivity contribution in [3.05, 3.63) is 29.8 Å². The van der Waals surface area contributed by atoms with E-state index in [-0.39, 0.29) is 23.7 Å². The average Bonchev–Trinajstić information content (AvgIpc) is 2.54. The molecule has 0 spiro atoms. The van der Waals surface area contributed by atoms with Gasteiger partial charge < -0.3 is 15.0 Å². The zero-order chi connectivity index (χ0) is 17.7. The number of likely N-dealkylation sites (tertiary alicyclic amines) is 1. The minimum Gasteiger partial charge on any atom is -0.469 e. The second-order valence-corrected chi connectivity index (χ2v) is 7.41. The van der Waals surface area contributed by atoms with Gasteiger partial charge in [-0.05, 0) is 30.5 Å². The molecule has 5 nitrogen and oxygen atoms in total. The van der Waals surface area contributed by atoms with Gasteiger partial charge in [0.25, 0.3) is 0 Å². The van der Waals surface area contributed by atoms with Crippen LogP contribution in [-0.2, 0) is 20.7 Å². The minimum atomic E-state index is -0.317. The Morgan fingerprint density at radius 2 is 1.92 bits per heavy atom. The summed E-state index contributed by atoms with van der Waals surface area (Å²) in [6.45, 7) is 7.47. The second kappa shape index (κ2) is 7.69. The highest BCUT2D eigenvalue weighted by molar-refractivity contribution is 5.81. The maximum absolute atomic E-state index is 12.3. The van der Waals surface area contributed by atoms with Gasteiger partial charge in [0.05, 0.1) is 13.5 Å². The topological polar surface area (TPSA) is 58.6 Å². The summed E-state index contributed by atoms with van der Waals surface area (Å²) in [6, 6.07) is 8.21. The van der Waals surface area contributed by atoms with Gasteiger partial charge in [-0.15, -0.1) is 0 Å². The molecule has 0 radical (unpaired) electrons. The number of methoxy groups -OCH3 is 1. The smallest absolute Gasteiger partial charge is 0.309 e. The first-order valence-electron chi connectivity index (χ1n) is 8.51. The normalized spacial score (nSPS) is 15.9. The lowest BCUT2D eigenvalue weighted by Gasteiger charge is -2.36. The van der Waals surface area contributed by atoms with Gasteiger partial charge in [0.15, 0.2) is 0 Å². The van der Waals surface area contributed by atoms with Crippen LogP contribution >= 0.6 is 0 Å². The third kappa shape index (κ3) is 4.98. The van der Waals surface area contributed by atoms with Gasteiger partial charge in [-0.1, -0.05) is 32.9 Å². The van der Waals surface area contributed by atoms with Gasteiger partial charge in [-0.25, -0.2) is 0 Å². The molecule has 5 heteroatoms. The number of esters is 1. The molecule has 1 aliphatic rings. The molecule has 0 aromatic heterocycles. The lowest BCUT2D eigenvalue weighted by molar-refractivity contribution is -0.140. The van der Waals surface area contributed by atoms with E-state index in [0.29, 0.717) is 6.04 Å². The Morgan fingerprint density at radius 1 is 1.25 bits per heavy atom. The molecule has 0 bridgehead atoms. The summed E-state index contributed by atoms with van der Waals surface area (Å²) in [5, 5.41) is 3.52. The first-order chi connectivity index (χ1) is 11.3. The van der Waals surface area contributed by atoms with E-state index in [1.54, 1.807) is 0 Å². The number of benzene rings is 1. The number of anilines is 1. The molecular weight excluding hydrogens is 304 g/mol. The van der Waals surface area contributed by atoms with E-state index in [1.807, 2.05) is 49.9 Å². The number of carbonyl (C=O) groups excluding carboxylic acids is 2. The van der Waals surface area contributed by atoms with Crippen LogP contribution in [0.15, 0.2) is 24.3 Å². The molecule has 1 amide bonds. The van der Waals surface area contributed by atoms with Gasteiger partial charge in [-0.2, -0.15) is 0 Å². The van der Waals surface area contributed by atoms with Crippen LogP contribution in [0.1, 0.15) is 39.2 Å². The molecule has 0 saturated carbocycles. The third-order valence-electron chi connectivity index (χ3n) is 4.30. The Hall–Kier alpha value is -2.04. The van der Waals surface area contributed by atoms with E-state index in [0.717, 1.165) is 37.2 Å². The lowest BCUT2D eigenvalue weighted by atomic mass is 9.93. The molecule has 24 heavy (non-hydrogen) atoms. The maximum atomic E-state index is 12.3. The van der Waals surface area contributed by atoms with Crippen LogP contribution in [0.5, 0.6) is 0 Å². The molecule has 0 unspecified atom stereocenters. The SMILES string of the molecule is COC(=O)Cc1cccc(NC2CCN(C(=O)C(C)(C)C)CC2)c1. The van der Waals surface area contributed by atoms with Crippen molar-refractivity contribution in [3.8, 4) is 0 Å². The van der Waals surface area contributed by atoms with Crippen LogP contribution in [0.2, 0.25) is 0 Å². The first kappa shape index (κ1) is 18.3. The molecule has 1 fully saturated rings. The quantitative estimate of drug-likeness (QED) is 0.862. The van der Waals surface area contributed by atoms with Crippen molar-refractivity contribution in [3.63, 3.8) is 0 Å². The number of nitrogens with one attached hydrogen (secondary N) is 1. The molecule has 2 rings (SSSR count). The zero-order valence-electron chi connectivity index (χ0n) is 15.1. The predicted octanol–water partition coefficient (Wildman–Crippen LogP) is 2.85. The Balaban J connectivity index is 1.89. The van der Waals surface area contributed by atoms with E-state index in [1.165, 1.54) is 7.11 Å². The molecular formula is C19H28N2O3. The Morgan fingerprint density at radius 3 is 2.50 bits per heavy atom. The number of ether oxygens (including phenoxy) is 1. The second-order valence-electron chi connectivity index (χ2n) is 7.41. The average molecular weight is 332 g/mol. The fourth-order valence-corrected chi connectivity index (χ4v) is 2.95. The van der Waals surface area contributed by atoms with Gasteiger partial charge >= 0.3 is 5.97 Å². The molecule has 0 aliphatic carbocycles. The van der Waals surface area contributed by atoms with Crippen LogP contribution < -0.4 is 5.32 Å². The number of hydrogen-bond acceptors (Lipinski definition) is 4. The molecule has 132 valence electrons. The van der Waals surface area contributed by atoms with Crippen molar-refractivity contribution in [2.75, 3.05) is 25.5 Å². The Bertz CT molecular complexity index is 585. The van der Waals surface area contributed by atoms with Crippen LogP contribution in [0.3, 0.4) is 0 Å². The molecule has 1 aliphatic heterocycles. The summed E-state index contributed by atoms with van der Waals surface area (Å²) in [5.41, 5.74) is 1.63. The third-order valence-corrected chi connectivity index (χ3v) is 4.30. The minimum absolute atomic E-state index is 0.223. The van der Waals surface area contributed by atoms with Crippen LogP contribution in [0.25, 0.3) is 0 Å². The molecule has 1 aromatic rings. The fourth-order valence-electron chi connectivity index (χ4n) is 2.95. The Labute approximate surface area is 144 Å². The molecule has 1 N–H and O–H groups in total. The first-order valence-corrected chi connectivity index (χ1v) is 8.51. The Kier molecular flexibility index (Phi) is 5.86. The zero-order valence-corrected chi connectivity index (χ0v) is 15.1. The van der Waals surface area contributed by atoms with Crippen LogP contribution in [0.4, 0.5) is 5.69 Å². The van der Waals surface area contributed by atoms with Crippen molar-refractivity contribution in [2.45, 2.75) is 46.1 Å². The summed E-state index contributed by atoms with van der Waals surface area (Å²) < 4.78 is 4.71. The number of carbonyl (C=O) groups is 2. The fraction of sp³-hybridized carbons (Fsp3) is 0.579. The van der Waals surface area contributed by atoms with Crippen LogP contribution in [-0.4, -0.2) is 43.0 Å². The lowest BCUT2D eigenvalue weighted by Crippen LogP contribution is -2.46. The van der Waals surface area contributed by atoms with Crippen molar-refractivity contribution in [1.82, 2.24) is 4.90 Å². The van der Waals surface area contributed by atoms with E-state index < -0.39 is 0 Å². The highest BCUT2D eigenvalue weighted by atomic mass is 16.5. The number of nitrogens with zero attached hydrogens (tertiary/aromatic N) is 1. The van der Waals surface area contributed by atoms with Crippen molar-refractivity contribution >= 4 is 17.6 Å². The molecule has 1 heterocycles. The van der Waals surface area contributed by atoms with Crippen molar-refractivity contribution in [2.24, 2.45) is 5.41 Å². The van der Waals surface area contributed by atoms with Gasteiger partial charge in [0.1, 0.15) is 0 Å². The van der Waals surface area contributed by atoms with E-state index >= 15 is 0 Å². The largest absolute Gasteiger partial charge is 0.469 e. The van der Waals surface area contributed by atoms with Gasteiger partial charge in [0.2, 0.25) is 5.91 Å². The molecule has 0 atom stereocenters. The summed E-state index contributed by atoms with van der Waals surface area (Å²) in [4.78, 5) is 25.7. The number of amides is 1. The maximum Gasteiger partial charge on any atom is 0.309 e. The van der Waals surface area contributed by atoms with E-state index in [9.17, 15) is 9.59 Å². The highest BCUT2D eigenvalue weighted by Gasteiger charge is 2.30. The monoisotopic (exact) mass is 332 g/mol. The summed E-state index contributed by atoms with van der Waals surface area (Å²) >= 11 is 0. The predicted molar refractivity (Wildman–Crippen MR) is 94.8 cm³/mol. The molecule has 1 aromatic carbocycles. The van der Waals surface area contributed by atoms with Gasteiger partial charge in [-0.3, -0.25) is 9.59 Å². The highest BCUT2D eigenvalue weighted by Crippen LogP contribution is 2.23. The van der Waals surface area contributed by atoms with Crippen molar-refractivity contribution in [1.29, 1.82) is 0 Å². The number of hydrogen-bond donors (Lipinski definition) is 1. The van der Waals surface area contributed by atoms with E-state index in [2.05, 4.69) is 5.32 Å². The summed E-state index contributed by atoms with van der Waals surface area (Å²) in [7, 11) is 1.40. The number of piperidine rings is 1. The van der Waals surface area contributed by atoms with Gasteiger partial charge in [0, 0.05) is 30.2 Å². The molecule has 1 saturated heterocycles. The summed E-state index contributed by atoms with van der Waals surface area (Å²) in [6.07, 6.45) is 2.15. The van der Waals surface area contributed by atoms with Crippen LogP contribution in [0, 0.1) is 5.41 Å².